The summed E-state index contributed by atoms with van der Waals surface area (Å²) in [5.74, 6) is 2.26. The lowest BCUT2D eigenvalue weighted by molar-refractivity contribution is -0.384. The number of hydrazone groups is 1. The normalized spacial score (nSPS) is 10.6. The number of methoxy groups -OCH3 is 1. The van der Waals surface area contributed by atoms with Crippen molar-refractivity contribution in [2.75, 3.05) is 25.7 Å². The molecule has 31 heavy (non-hydrogen) atoms. The van der Waals surface area contributed by atoms with Gasteiger partial charge in [0.05, 0.1) is 37.1 Å². The van der Waals surface area contributed by atoms with Crippen LogP contribution in [0.5, 0.6) is 17.2 Å². The van der Waals surface area contributed by atoms with Gasteiger partial charge in [-0.1, -0.05) is 18.2 Å². The molecule has 3 rings (SSSR count). The van der Waals surface area contributed by atoms with Gasteiger partial charge in [-0.3, -0.25) is 15.5 Å². The Morgan fingerprint density at radius 2 is 1.58 bits per heavy atom. The number of nitro benzene ring substituents is 1. The summed E-state index contributed by atoms with van der Waals surface area (Å²) >= 11 is 0. The maximum absolute atomic E-state index is 10.7. The van der Waals surface area contributed by atoms with Crippen LogP contribution in [0.2, 0.25) is 0 Å². The maximum atomic E-state index is 10.7. The molecule has 3 aromatic rings. The monoisotopic (exact) mass is 421 g/mol. The van der Waals surface area contributed by atoms with Crippen molar-refractivity contribution in [3.8, 4) is 17.2 Å². The van der Waals surface area contributed by atoms with Gasteiger partial charge in [0, 0.05) is 24.6 Å². The number of non-ortho nitro benzene ring substituents is 1. The number of nitrogens with one attached hydrogen (secondary N) is 1. The summed E-state index contributed by atoms with van der Waals surface area (Å²) in [5.41, 5.74) is 4.40. The Balaban J connectivity index is 1.42. The van der Waals surface area contributed by atoms with E-state index < -0.39 is 4.92 Å². The number of rotatable bonds is 11. The molecule has 8 nitrogen and oxygen atoms in total. The van der Waals surface area contributed by atoms with Crippen molar-refractivity contribution >= 4 is 17.6 Å². The number of benzene rings is 3. The highest BCUT2D eigenvalue weighted by Gasteiger charge is 2.03. The van der Waals surface area contributed by atoms with Gasteiger partial charge in [0.1, 0.15) is 17.2 Å². The average Bonchev–Trinajstić information content (AvgIpc) is 2.79. The van der Waals surface area contributed by atoms with E-state index in [2.05, 4.69) is 10.5 Å². The predicted octanol–water partition coefficient (Wildman–Crippen LogP) is 4.90. The predicted molar refractivity (Wildman–Crippen MR) is 119 cm³/mol. The van der Waals surface area contributed by atoms with Gasteiger partial charge < -0.3 is 14.2 Å². The van der Waals surface area contributed by atoms with Crippen LogP contribution < -0.4 is 19.6 Å². The summed E-state index contributed by atoms with van der Waals surface area (Å²) in [4.78, 5) is 10.2. The van der Waals surface area contributed by atoms with E-state index in [-0.39, 0.29) is 5.69 Å². The highest BCUT2D eigenvalue weighted by Crippen LogP contribution is 2.19. The van der Waals surface area contributed by atoms with Crippen molar-refractivity contribution in [2.24, 2.45) is 5.10 Å². The van der Waals surface area contributed by atoms with Gasteiger partial charge in [-0.15, -0.1) is 0 Å². The van der Waals surface area contributed by atoms with Crippen LogP contribution in [0.25, 0.3) is 0 Å². The van der Waals surface area contributed by atoms with Gasteiger partial charge in [0.2, 0.25) is 0 Å². The fourth-order valence-corrected chi connectivity index (χ4v) is 2.65. The van der Waals surface area contributed by atoms with Crippen LogP contribution in [0, 0.1) is 10.1 Å². The summed E-state index contributed by atoms with van der Waals surface area (Å²) < 4.78 is 16.7. The standard InChI is InChI=1S/C23H23N3O5/c1-29-21-6-3-8-23(16-21)31-14-4-13-30-22-7-2-5-18(15-22)17-24-25-19-9-11-20(12-10-19)26(27)28/h2-3,5-12,15-17,25H,4,13-14H2,1H3/b24-17-. The quantitative estimate of drug-likeness (QED) is 0.205. The molecule has 0 aliphatic rings. The first kappa shape index (κ1) is 21.6. The molecule has 0 unspecified atom stereocenters. The van der Waals surface area contributed by atoms with E-state index in [9.17, 15) is 10.1 Å². The lowest BCUT2D eigenvalue weighted by Gasteiger charge is -2.09. The maximum Gasteiger partial charge on any atom is 0.269 e. The minimum Gasteiger partial charge on any atom is -0.497 e. The molecule has 0 radical (unpaired) electrons. The van der Waals surface area contributed by atoms with Crippen LogP contribution in [0.1, 0.15) is 12.0 Å². The van der Waals surface area contributed by atoms with Crippen LogP contribution >= 0.6 is 0 Å². The molecule has 0 aliphatic carbocycles. The number of ether oxygens (including phenoxy) is 3. The first-order chi connectivity index (χ1) is 15.1. The zero-order valence-electron chi connectivity index (χ0n) is 17.1. The van der Waals surface area contributed by atoms with Crippen LogP contribution in [0.4, 0.5) is 11.4 Å². The molecule has 0 aromatic heterocycles. The van der Waals surface area contributed by atoms with Crippen molar-refractivity contribution in [1.82, 2.24) is 0 Å². The smallest absolute Gasteiger partial charge is 0.269 e. The average molecular weight is 421 g/mol. The molecule has 0 saturated carbocycles. The van der Waals surface area contributed by atoms with Crippen molar-refractivity contribution in [3.63, 3.8) is 0 Å². The third kappa shape index (κ3) is 7.04. The number of nitrogens with zero attached hydrogens (tertiary/aromatic N) is 2. The van der Waals surface area contributed by atoms with Gasteiger partial charge in [0.25, 0.3) is 5.69 Å². The second-order valence-electron chi connectivity index (χ2n) is 6.48. The summed E-state index contributed by atoms with van der Waals surface area (Å²) in [6.45, 7) is 1.05. The minimum atomic E-state index is -0.441. The van der Waals surface area contributed by atoms with E-state index in [0.717, 1.165) is 29.2 Å². The van der Waals surface area contributed by atoms with Crippen LogP contribution in [-0.4, -0.2) is 31.5 Å². The molecule has 0 aliphatic heterocycles. The zero-order valence-corrected chi connectivity index (χ0v) is 17.1. The summed E-state index contributed by atoms with van der Waals surface area (Å²) in [5, 5.41) is 14.8. The van der Waals surface area contributed by atoms with Gasteiger partial charge >= 0.3 is 0 Å². The van der Waals surface area contributed by atoms with Gasteiger partial charge in [-0.05, 0) is 42.0 Å². The first-order valence-corrected chi connectivity index (χ1v) is 9.67. The molecule has 0 bridgehead atoms. The minimum absolute atomic E-state index is 0.0354. The molecule has 0 saturated heterocycles. The van der Waals surface area contributed by atoms with Crippen molar-refractivity contribution in [1.29, 1.82) is 0 Å². The molecule has 3 aromatic carbocycles. The Labute approximate surface area is 180 Å². The van der Waals surface area contributed by atoms with Crippen LogP contribution in [0.15, 0.2) is 77.9 Å². The Morgan fingerprint density at radius 3 is 2.26 bits per heavy atom. The van der Waals surface area contributed by atoms with E-state index in [1.165, 1.54) is 12.1 Å². The second kappa shape index (κ2) is 11.2. The molecule has 0 heterocycles. The largest absolute Gasteiger partial charge is 0.497 e. The lowest BCUT2D eigenvalue weighted by Crippen LogP contribution is -2.05. The summed E-state index contributed by atoms with van der Waals surface area (Å²) in [6.07, 6.45) is 2.39. The number of hydrogen-bond acceptors (Lipinski definition) is 7. The molecule has 0 amide bonds. The third-order valence-corrected chi connectivity index (χ3v) is 4.21. The fraction of sp³-hybridized carbons (Fsp3) is 0.174. The van der Waals surface area contributed by atoms with E-state index in [1.807, 2.05) is 48.5 Å². The number of nitro groups is 1. The number of hydrogen-bond donors (Lipinski definition) is 1. The lowest BCUT2D eigenvalue weighted by atomic mass is 10.2. The molecule has 0 atom stereocenters. The van der Waals surface area contributed by atoms with E-state index in [0.29, 0.717) is 18.9 Å². The summed E-state index contributed by atoms with van der Waals surface area (Å²) in [7, 11) is 1.62. The highest BCUT2D eigenvalue weighted by molar-refractivity contribution is 5.80. The Morgan fingerprint density at radius 1 is 0.935 bits per heavy atom. The molecule has 160 valence electrons. The van der Waals surface area contributed by atoms with Gasteiger partial charge in [0.15, 0.2) is 0 Å². The second-order valence-corrected chi connectivity index (χ2v) is 6.48. The molecule has 1 N–H and O–H groups in total. The summed E-state index contributed by atoms with van der Waals surface area (Å²) in [6, 6.07) is 21.1. The van der Waals surface area contributed by atoms with Crippen molar-refractivity contribution in [2.45, 2.75) is 6.42 Å². The van der Waals surface area contributed by atoms with Crippen LogP contribution in [0.3, 0.4) is 0 Å². The zero-order chi connectivity index (χ0) is 21.9. The fourth-order valence-electron chi connectivity index (χ4n) is 2.65. The van der Waals surface area contributed by atoms with Crippen molar-refractivity contribution in [3.05, 3.63) is 88.5 Å². The van der Waals surface area contributed by atoms with Gasteiger partial charge in [-0.2, -0.15) is 5.10 Å². The molecular formula is C23H23N3O5. The molecule has 0 fully saturated rings. The third-order valence-electron chi connectivity index (χ3n) is 4.21. The highest BCUT2D eigenvalue weighted by atomic mass is 16.6. The Hall–Kier alpha value is -4.07. The number of anilines is 1. The topological polar surface area (TPSA) is 95.2 Å². The van der Waals surface area contributed by atoms with E-state index in [1.54, 1.807) is 25.5 Å². The Kier molecular flexibility index (Phi) is 7.82. The molecule has 0 spiro atoms. The Bertz CT molecular complexity index is 1020. The molecular weight excluding hydrogens is 398 g/mol. The van der Waals surface area contributed by atoms with Crippen molar-refractivity contribution < 1.29 is 19.1 Å². The van der Waals surface area contributed by atoms with E-state index >= 15 is 0 Å². The SMILES string of the molecule is COc1cccc(OCCCOc2cccc(/C=N\Nc3ccc([N+](=O)[O-])cc3)c2)c1. The van der Waals surface area contributed by atoms with Crippen LogP contribution in [-0.2, 0) is 0 Å². The molecule has 8 heteroatoms. The first-order valence-electron chi connectivity index (χ1n) is 9.67. The van der Waals surface area contributed by atoms with E-state index in [4.69, 9.17) is 14.2 Å². The van der Waals surface area contributed by atoms with Gasteiger partial charge in [-0.25, -0.2) is 0 Å².